The number of carbonyl (C=O) groups is 2. The van der Waals surface area contributed by atoms with Gasteiger partial charge in [-0.3, -0.25) is 14.5 Å². The van der Waals surface area contributed by atoms with Gasteiger partial charge < -0.3 is 23.8 Å². The van der Waals surface area contributed by atoms with Gasteiger partial charge in [0.2, 0.25) is 0 Å². The molecule has 3 aromatic rings. The van der Waals surface area contributed by atoms with Crippen molar-refractivity contribution >= 4 is 23.3 Å². The van der Waals surface area contributed by atoms with E-state index in [1.165, 1.54) is 32.3 Å². The highest BCUT2D eigenvalue weighted by Gasteiger charge is 2.49. The average Bonchev–Trinajstić information content (AvgIpc) is 3.38. The van der Waals surface area contributed by atoms with Crippen LogP contribution in [0, 0.1) is 6.92 Å². The number of nitrogens with zero attached hydrogens (tertiary/aromatic N) is 2. The van der Waals surface area contributed by atoms with Gasteiger partial charge in [-0.1, -0.05) is 23.4 Å². The van der Waals surface area contributed by atoms with Crippen LogP contribution in [0.15, 0.2) is 58.6 Å². The summed E-state index contributed by atoms with van der Waals surface area (Å²) in [6.45, 7) is 1.68. The molecule has 1 aliphatic heterocycles. The number of aryl methyl sites for hydroxylation is 1. The number of para-hydroxylation sites is 1. The molecule has 1 fully saturated rings. The fraction of sp³-hybridized carbons (Fsp3) is 0.208. The number of benzene rings is 2. The van der Waals surface area contributed by atoms with Crippen LogP contribution in [0.25, 0.3) is 5.76 Å². The lowest BCUT2D eigenvalue weighted by molar-refractivity contribution is -0.132. The minimum Gasteiger partial charge on any atom is -0.507 e. The number of amides is 1. The second kappa shape index (κ2) is 8.70. The summed E-state index contributed by atoms with van der Waals surface area (Å²) in [4.78, 5) is 27.5. The number of ketones is 1. The van der Waals surface area contributed by atoms with E-state index in [0.29, 0.717) is 28.6 Å². The maximum Gasteiger partial charge on any atom is 0.301 e. The largest absolute Gasteiger partial charge is 0.507 e. The van der Waals surface area contributed by atoms with Crippen molar-refractivity contribution in [1.29, 1.82) is 0 Å². The Kier molecular flexibility index (Phi) is 5.78. The Morgan fingerprint density at radius 2 is 1.67 bits per heavy atom. The number of rotatable bonds is 6. The molecule has 1 amide bonds. The molecule has 1 aliphatic rings. The Bertz CT molecular complexity index is 1260. The minimum absolute atomic E-state index is 0.114. The zero-order valence-electron chi connectivity index (χ0n) is 18.5. The molecule has 33 heavy (non-hydrogen) atoms. The zero-order chi connectivity index (χ0) is 23.7. The first kappa shape index (κ1) is 21.9. The molecule has 170 valence electrons. The summed E-state index contributed by atoms with van der Waals surface area (Å²) in [7, 11) is 4.44. The second-order valence-electron chi connectivity index (χ2n) is 7.28. The van der Waals surface area contributed by atoms with Crippen LogP contribution in [-0.2, 0) is 9.59 Å². The number of methoxy groups -OCH3 is 3. The van der Waals surface area contributed by atoms with Crippen LogP contribution in [0.4, 0.5) is 5.82 Å². The number of Topliss-reactive ketones (excluding diaryl/α,β-unsaturated/α-hetero) is 1. The maximum absolute atomic E-state index is 13.2. The molecular weight excluding hydrogens is 428 g/mol. The summed E-state index contributed by atoms with van der Waals surface area (Å²) >= 11 is 0. The number of hydrogen-bond acceptors (Lipinski definition) is 8. The number of hydrogen-bond donors (Lipinski definition) is 1. The van der Waals surface area contributed by atoms with E-state index >= 15 is 0 Å². The van der Waals surface area contributed by atoms with Crippen molar-refractivity contribution in [3.63, 3.8) is 0 Å². The van der Waals surface area contributed by atoms with Crippen LogP contribution in [0.5, 0.6) is 17.2 Å². The van der Waals surface area contributed by atoms with E-state index in [-0.39, 0.29) is 22.7 Å². The number of aliphatic hydroxyl groups is 1. The Balaban J connectivity index is 1.97. The number of aliphatic hydroxyl groups excluding tert-OH is 1. The summed E-state index contributed by atoms with van der Waals surface area (Å²) in [5.74, 6) is -0.214. The molecule has 9 nitrogen and oxygen atoms in total. The van der Waals surface area contributed by atoms with Gasteiger partial charge >= 0.3 is 5.91 Å². The third-order valence-corrected chi connectivity index (χ3v) is 5.40. The molecule has 2 aromatic carbocycles. The fourth-order valence-electron chi connectivity index (χ4n) is 3.86. The van der Waals surface area contributed by atoms with Crippen LogP contribution in [0.1, 0.15) is 22.9 Å². The highest BCUT2D eigenvalue weighted by Crippen LogP contribution is 2.45. The third-order valence-electron chi connectivity index (χ3n) is 5.40. The molecule has 1 atom stereocenters. The second-order valence-corrected chi connectivity index (χ2v) is 7.28. The lowest BCUT2D eigenvalue weighted by atomic mass is 9.94. The normalized spacial score (nSPS) is 17.3. The fourth-order valence-corrected chi connectivity index (χ4v) is 3.86. The van der Waals surface area contributed by atoms with Gasteiger partial charge in [-0.25, -0.2) is 0 Å². The Hall–Kier alpha value is -4.27. The molecule has 0 aliphatic carbocycles. The SMILES string of the molecule is COc1ccc(C(O)=C2C(=O)C(=O)N(c3cc(C)on3)[C@H]2c2ccccc2OC)cc1OC. The smallest absolute Gasteiger partial charge is 0.301 e. The highest BCUT2D eigenvalue weighted by molar-refractivity contribution is 6.51. The van der Waals surface area contributed by atoms with Gasteiger partial charge in [-0.05, 0) is 31.2 Å². The van der Waals surface area contributed by atoms with E-state index in [0.717, 1.165) is 0 Å². The molecule has 2 heterocycles. The van der Waals surface area contributed by atoms with E-state index in [9.17, 15) is 14.7 Å². The monoisotopic (exact) mass is 450 g/mol. The van der Waals surface area contributed by atoms with Gasteiger partial charge in [0.1, 0.15) is 23.3 Å². The van der Waals surface area contributed by atoms with E-state index in [2.05, 4.69) is 5.16 Å². The van der Waals surface area contributed by atoms with E-state index in [1.807, 2.05) is 0 Å². The molecule has 1 aromatic heterocycles. The molecule has 0 spiro atoms. The standard InChI is InChI=1S/C24H22N2O7/c1-13-11-19(25-33-13)26-21(15-7-5-6-8-16(15)30-2)20(23(28)24(26)29)22(27)14-9-10-17(31-3)18(12-14)32-4/h5-12,21,27H,1-4H3/t21-/m0/s1. The van der Waals surface area contributed by atoms with E-state index in [1.54, 1.807) is 49.4 Å². The average molecular weight is 450 g/mol. The van der Waals surface area contributed by atoms with Crippen molar-refractivity contribution in [2.45, 2.75) is 13.0 Å². The Morgan fingerprint density at radius 3 is 2.30 bits per heavy atom. The van der Waals surface area contributed by atoms with Gasteiger partial charge in [0.05, 0.1) is 26.9 Å². The molecular formula is C24H22N2O7. The number of anilines is 1. The minimum atomic E-state index is -1.00. The summed E-state index contributed by atoms with van der Waals surface area (Å²) < 4.78 is 21.2. The van der Waals surface area contributed by atoms with Crippen LogP contribution in [0.2, 0.25) is 0 Å². The van der Waals surface area contributed by atoms with Crippen molar-refractivity contribution in [3.8, 4) is 17.2 Å². The van der Waals surface area contributed by atoms with Crippen molar-refractivity contribution in [2.75, 3.05) is 26.2 Å². The molecule has 0 radical (unpaired) electrons. The van der Waals surface area contributed by atoms with Gasteiger partial charge in [-0.15, -0.1) is 0 Å². The lowest BCUT2D eigenvalue weighted by Crippen LogP contribution is -2.29. The number of aromatic nitrogens is 1. The van der Waals surface area contributed by atoms with Crippen molar-refractivity contribution in [2.24, 2.45) is 0 Å². The van der Waals surface area contributed by atoms with Gasteiger partial charge in [-0.2, -0.15) is 0 Å². The lowest BCUT2D eigenvalue weighted by Gasteiger charge is -2.24. The molecule has 9 heteroatoms. The van der Waals surface area contributed by atoms with Crippen molar-refractivity contribution < 1.29 is 33.4 Å². The van der Waals surface area contributed by atoms with Crippen LogP contribution in [-0.4, -0.2) is 43.3 Å². The molecule has 1 N–H and O–H groups in total. The predicted octanol–water partition coefficient (Wildman–Crippen LogP) is 3.64. The Morgan fingerprint density at radius 1 is 0.970 bits per heavy atom. The summed E-state index contributed by atoms with van der Waals surface area (Å²) in [6, 6.07) is 12.2. The van der Waals surface area contributed by atoms with Crippen LogP contribution in [0.3, 0.4) is 0 Å². The summed E-state index contributed by atoms with van der Waals surface area (Å²) in [5.41, 5.74) is 0.668. The van der Waals surface area contributed by atoms with E-state index in [4.69, 9.17) is 18.7 Å². The first-order valence-electron chi connectivity index (χ1n) is 10.0. The first-order chi connectivity index (χ1) is 15.9. The third kappa shape index (κ3) is 3.67. The summed E-state index contributed by atoms with van der Waals surface area (Å²) in [6.07, 6.45) is 0. The molecule has 0 bridgehead atoms. The molecule has 4 rings (SSSR count). The van der Waals surface area contributed by atoms with Crippen LogP contribution < -0.4 is 19.1 Å². The number of ether oxygens (including phenoxy) is 3. The maximum atomic E-state index is 13.2. The van der Waals surface area contributed by atoms with E-state index < -0.39 is 17.7 Å². The predicted molar refractivity (Wildman–Crippen MR) is 119 cm³/mol. The summed E-state index contributed by atoms with van der Waals surface area (Å²) in [5, 5.41) is 15.2. The van der Waals surface area contributed by atoms with Gasteiger partial charge in [0.25, 0.3) is 5.78 Å². The molecule has 0 unspecified atom stereocenters. The van der Waals surface area contributed by atoms with Crippen molar-refractivity contribution in [3.05, 3.63) is 71.0 Å². The zero-order valence-corrected chi connectivity index (χ0v) is 18.5. The Labute approximate surface area is 189 Å². The van der Waals surface area contributed by atoms with Crippen LogP contribution >= 0.6 is 0 Å². The van der Waals surface area contributed by atoms with Gasteiger partial charge in [0.15, 0.2) is 17.3 Å². The highest BCUT2D eigenvalue weighted by atomic mass is 16.5. The first-order valence-corrected chi connectivity index (χ1v) is 10.0. The number of carbonyl (C=O) groups excluding carboxylic acids is 2. The molecule has 0 saturated carbocycles. The van der Waals surface area contributed by atoms with Gasteiger partial charge in [0, 0.05) is 17.2 Å². The quantitative estimate of drug-likeness (QED) is 0.344. The van der Waals surface area contributed by atoms with Crippen molar-refractivity contribution in [1.82, 2.24) is 5.16 Å². The topological polar surface area (TPSA) is 111 Å². The molecule has 1 saturated heterocycles.